The van der Waals surface area contributed by atoms with E-state index in [2.05, 4.69) is 5.32 Å². The fourth-order valence-electron chi connectivity index (χ4n) is 2.49. The number of nitrogens with two attached hydrogens (primary N) is 1. The lowest BCUT2D eigenvalue weighted by molar-refractivity contribution is -0.146. The minimum Gasteiger partial charge on any atom is -0.486 e. The fraction of sp³-hybridized carbons (Fsp3) is 0.222. The highest BCUT2D eigenvalue weighted by Gasteiger charge is 2.15. The molecule has 0 radical (unpaired) electrons. The first-order valence-corrected chi connectivity index (χ1v) is 9.83. The Bertz CT molecular complexity index is 987. The molecule has 1 aliphatic heterocycles. The molecule has 1 heterocycles. The van der Waals surface area contributed by atoms with E-state index in [1.165, 1.54) is 24.3 Å². The van der Waals surface area contributed by atoms with Gasteiger partial charge in [0, 0.05) is 5.69 Å². The average molecular weight is 406 g/mol. The van der Waals surface area contributed by atoms with Crippen LogP contribution in [0.1, 0.15) is 5.56 Å². The van der Waals surface area contributed by atoms with E-state index in [0.717, 1.165) is 0 Å². The zero-order chi connectivity index (χ0) is 20.1. The molecular formula is C18H18N2O7S. The van der Waals surface area contributed by atoms with Gasteiger partial charge in [-0.25, -0.2) is 13.6 Å². The van der Waals surface area contributed by atoms with Gasteiger partial charge in [-0.2, -0.15) is 0 Å². The van der Waals surface area contributed by atoms with Gasteiger partial charge in [0.05, 0.1) is 11.3 Å². The van der Waals surface area contributed by atoms with E-state index in [1.807, 2.05) is 0 Å². The molecule has 0 aromatic heterocycles. The number of carbonyl (C=O) groups excluding carboxylic acids is 2. The van der Waals surface area contributed by atoms with Gasteiger partial charge in [0.15, 0.2) is 18.1 Å². The zero-order valence-electron chi connectivity index (χ0n) is 14.7. The molecule has 28 heavy (non-hydrogen) atoms. The van der Waals surface area contributed by atoms with Crippen molar-refractivity contribution < 1.29 is 32.2 Å². The number of primary sulfonamides is 1. The minimum atomic E-state index is -3.80. The van der Waals surface area contributed by atoms with Crippen LogP contribution in [0.3, 0.4) is 0 Å². The Hall–Kier alpha value is -3.11. The van der Waals surface area contributed by atoms with Crippen LogP contribution in [0.5, 0.6) is 11.5 Å². The van der Waals surface area contributed by atoms with Gasteiger partial charge in [-0.05, 0) is 42.0 Å². The van der Waals surface area contributed by atoms with Crippen LogP contribution in [0.15, 0.2) is 47.4 Å². The van der Waals surface area contributed by atoms with E-state index in [1.54, 1.807) is 18.2 Å². The Balaban J connectivity index is 1.48. The molecule has 3 N–H and O–H groups in total. The van der Waals surface area contributed by atoms with Gasteiger partial charge in [-0.3, -0.25) is 9.59 Å². The molecule has 0 saturated carbocycles. The predicted molar refractivity (Wildman–Crippen MR) is 98.5 cm³/mol. The minimum absolute atomic E-state index is 0.0209. The third kappa shape index (κ3) is 5.21. The number of hydrogen-bond donors (Lipinski definition) is 2. The van der Waals surface area contributed by atoms with Crippen molar-refractivity contribution in [1.82, 2.24) is 0 Å². The van der Waals surface area contributed by atoms with Crippen LogP contribution in [0.25, 0.3) is 0 Å². The number of sulfonamides is 1. The number of fused-ring (bicyclic) bond motifs is 1. The number of benzene rings is 2. The molecule has 3 rings (SSSR count). The quantitative estimate of drug-likeness (QED) is 0.679. The molecule has 148 valence electrons. The monoisotopic (exact) mass is 406 g/mol. The normalized spacial score (nSPS) is 12.9. The lowest BCUT2D eigenvalue weighted by Crippen LogP contribution is -2.22. The summed E-state index contributed by atoms with van der Waals surface area (Å²) in [6.45, 7) is 0.452. The first-order valence-electron chi connectivity index (χ1n) is 8.28. The summed E-state index contributed by atoms with van der Waals surface area (Å²) in [5.74, 6) is 0.0590. The molecule has 0 atom stereocenters. The van der Waals surface area contributed by atoms with Crippen LogP contribution in [-0.4, -0.2) is 40.1 Å². The van der Waals surface area contributed by atoms with Crippen molar-refractivity contribution in [3.8, 4) is 11.5 Å². The summed E-state index contributed by atoms with van der Waals surface area (Å²) in [6.07, 6.45) is -0.0209. The highest BCUT2D eigenvalue weighted by Crippen LogP contribution is 2.30. The zero-order valence-corrected chi connectivity index (χ0v) is 15.5. The van der Waals surface area contributed by atoms with Crippen molar-refractivity contribution >= 4 is 27.6 Å². The Kier molecular flexibility index (Phi) is 5.81. The lowest BCUT2D eigenvalue weighted by Gasteiger charge is -2.18. The molecule has 0 aliphatic carbocycles. The lowest BCUT2D eigenvalue weighted by atomic mass is 10.1. The van der Waals surface area contributed by atoms with Crippen molar-refractivity contribution in [3.05, 3.63) is 48.0 Å². The maximum absolute atomic E-state index is 11.9. The van der Waals surface area contributed by atoms with Gasteiger partial charge in [0.2, 0.25) is 10.0 Å². The Morgan fingerprint density at radius 3 is 2.39 bits per heavy atom. The second-order valence-corrected chi connectivity index (χ2v) is 7.49. The summed E-state index contributed by atoms with van der Waals surface area (Å²) in [4.78, 5) is 23.7. The summed E-state index contributed by atoms with van der Waals surface area (Å²) in [7, 11) is -3.80. The van der Waals surface area contributed by atoms with Crippen LogP contribution in [0.2, 0.25) is 0 Å². The van der Waals surface area contributed by atoms with E-state index in [0.29, 0.717) is 36.0 Å². The van der Waals surface area contributed by atoms with Crippen LogP contribution >= 0.6 is 0 Å². The highest BCUT2D eigenvalue weighted by molar-refractivity contribution is 7.89. The number of amides is 1. The van der Waals surface area contributed by atoms with Crippen LogP contribution in [0.4, 0.5) is 5.69 Å². The molecule has 1 aliphatic rings. The average Bonchev–Trinajstić information content (AvgIpc) is 2.66. The molecule has 0 spiro atoms. The molecule has 0 unspecified atom stereocenters. The predicted octanol–water partition coefficient (Wildman–Crippen LogP) is 0.830. The highest BCUT2D eigenvalue weighted by atomic mass is 32.2. The second kappa shape index (κ2) is 8.28. The molecule has 0 saturated heterocycles. The largest absolute Gasteiger partial charge is 0.486 e. The van der Waals surface area contributed by atoms with E-state index < -0.39 is 28.5 Å². The molecule has 2 aromatic rings. The standard InChI is InChI=1S/C18H18N2O7S/c19-28(23,24)14-4-2-13(3-5-14)20-17(21)11-27-18(22)10-12-1-6-15-16(9-12)26-8-7-25-15/h1-6,9H,7-8,10-11H2,(H,20,21)(H2,19,23,24). The molecule has 10 heteroatoms. The SMILES string of the molecule is NS(=O)(=O)c1ccc(NC(=O)COC(=O)Cc2ccc3c(c2)OCCO3)cc1. The van der Waals surface area contributed by atoms with E-state index in [4.69, 9.17) is 19.3 Å². The summed E-state index contributed by atoms with van der Waals surface area (Å²) in [5, 5.41) is 7.49. The van der Waals surface area contributed by atoms with Gasteiger partial charge >= 0.3 is 5.97 Å². The van der Waals surface area contributed by atoms with Gasteiger partial charge in [-0.1, -0.05) is 6.07 Å². The van der Waals surface area contributed by atoms with Crippen molar-refractivity contribution in [2.75, 3.05) is 25.1 Å². The van der Waals surface area contributed by atoms with Crippen molar-refractivity contribution in [1.29, 1.82) is 0 Å². The van der Waals surface area contributed by atoms with Gasteiger partial charge in [0.1, 0.15) is 13.2 Å². The molecule has 2 aromatic carbocycles. The van der Waals surface area contributed by atoms with Crippen LogP contribution < -0.4 is 19.9 Å². The summed E-state index contributed by atoms with van der Waals surface area (Å²) < 4.78 is 38.2. The number of rotatable bonds is 6. The smallest absolute Gasteiger partial charge is 0.310 e. The maximum atomic E-state index is 11.9. The third-order valence-corrected chi connectivity index (χ3v) is 4.72. The summed E-state index contributed by atoms with van der Waals surface area (Å²) >= 11 is 0. The molecule has 9 nitrogen and oxygen atoms in total. The number of nitrogens with one attached hydrogen (secondary N) is 1. The number of ether oxygens (including phenoxy) is 3. The summed E-state index contributed by atoms with van der Waals surface area (Å²) in [5.41, 5.74) is 1.02. The maximum Gasteiger partial charge on any atom is 0.310 e. The van der Waals surface area contributed by atoms with Crippen LogP contribution in [-0.2, 0) is 30.8 Å². The van der Waals surface area contributed by atoms with E-state index in [-0.39, 0.29) is 11.3 Å². The first-order chi connectivity index (χ1) is 13.3. The molecular weight excluding hydrogens is 388 g/mol. The van der Waals surface area contributed by atoms with Crippen molar-refractivity contribution in [3.63, 3.8) is 0 Å². The second-order valence-electron chi connectivity index (χ2n) is 5.93. The fourth-order valence-corrected chi connectivity index (χ4v) is 3.00. The van der Waals surface area contributed by atoms with Crippen molar-refractivity contribution in [2.24, 2.45) is 5.14 Å². The van der Waals surface area contributed by atoms with E-state index >= 15 is 0 Å². The van der Waals surface area contributed by atoms with Crippen LogP contribution in [0, 0.1) is 0 Å². The van der Waals surface area contributed by atoms with Crippen molar-refractivity contribution in [2.45, 2.75) is 11.3 Å². The number of anilines is 1. The van der Waals surface area contributed by atoms with E-state index in [9.17, 15) is 18.0 Å². The first kappa shape index (κ1) is 19.6. The third-order valence-electron chi connectivity index (χ3n) is 3.79. The Labute approximate surface area is 161 Å². The molecule has 0 fully saturated rings. The molecule has 0 bridgehead atoms. The van der Waals surface area contributed by atoms with Gasteiger partial charge < -0.3 is 19.5 Å². The Morgan fingerprint density at radius 1 is 1.04 bits per heavy atom. The molecule has 1 amide bonds. The number of carbonyl (C=O) groups is 2. The Morgan fingerprint density at radius 2 is 1.71 bits per heavy atom. The number of esters is 1. The number of hydrogen-bond acceptors (Lipinski definition) is 7. The van der Waals surface area contributed by atoms with Gasteiger partial charge in [0.25, 0.3) is 5.91 Å². The summed E-state index contributed by atoms with van der Waals surface area (Å²) in [6, 6.07) is 10.4. The van der Waals surface area contributed by atoms with Gasteiger partial charge in [-0.15, -0.1) is 0 Å². The topological polar surface area (TPSA) is 134 Å².